The van der Waals surface area contributed by atoms with Crippen molar-refractivity contribution in [3.63, 3.8) is 0 Å². The average molecular weight is 1780 g/mol. The summed E-state index contributed by atoms with van der Waals surface area (Å²) in [6.07, 6.45) is 0. The molecule has 0 atom stereocenters. The minimum absolute atomic E-state index is 0.0720. The van der Waals surface area contributed by atoms with Gasteiger partial charge in [0.15, 0.2) is 23.3 Å². The van der Waals surface area contributed by atoms with Crippen molar-refractivity contribution < 1.29 is 0 Å². The zero-order valence-corrected chi connectivity index (χ0v) is 77.0. The largest absolute Gasteiger partial charge is 0.278 e. The Hall–Kier alpha value is -17.1. The van der Waals surface area contributed by atoms with Gasteiger partial charge in [-0.05, 0) is 162 Å². The fraction of sp³-hybridized carbons (Fsp3) is 0.0720. The van der Waals surface area contributed by atoms with Crippen molar-refractivity contribution in [2.24, 2.45) is 0 Å². The van der Waals surface area contributed by atoms with Gasteiger partial charge in [0.1, 0.15) is 0 Å². The molecule has 12 heteroatoms. The first-order valence-corrected chi connectivity index (χ1v) is 47.7. The minimum Gasteiger partial charge on any atom is -0.278 e. The van der Waals surface area contributed by atoms with E-state index in [0.29, 0.717) is 41.1 Å². The molecular formula is C125H87N11S. The lowest BCUT2D eigenvalue weighted by atomic mass is 9.81. The van der Waals surface area contributed by atoms with Gasteiger partial charge in [0.2, 0.25) is 17.8 Å². The van der Waals surface area contributed by atoms with Crippen molar-refractivity contribution in [1.29, 1.82) is 0 Å². The molecule has 7 heterocycles. The van der Waals surface area contributed by atoms with Crippen molar-refractivity contribution in [3.8, 4) is 130 Å². The molecule has 648 valence electrons. The number of fused-ring (bicyclic) bond motifs is 22. The molecule has 0 amide bonds. The molecule has 25 aromatic rings. The van der Waals surface area contributed by atoms with Crippen LogP contribution < -0.4 is 0 Å². The van der Waals surface area contributed by atoms with E-state index in [-0.39, 0.29) is 16.2 Å². The van der Waals surface area contributed by atoms with Crippen LogP contribution in [0.5, 0.6) is 0 Å². The monoisotopic (exact) mass is 1770 g/mol. The zero-order valence-electron chi connectivity index (χ0n) is 76.2. The highest BCUT2D eigenvalue weighted by molar-refractivity contribution is 7.26. The summed E-state index contributed by atoms with van der Waals surface area (Å²) in [6, 6.07) is 148. The van der Waals surface area contributed by atoms with Gasteiger partial charge in [0, 0.05) is 102 Å². The van der Waals surface area contributed by atoms with Gasteiger partial charge in [-0.2, -0.15) is 19.9 Å². The van der Waals surface area contributed by atoms with E-state index in [1.54, 1.807) is 0 Å². The lowest BCUT2D eigenvalue weighted by Gasteiger charge is -2.22. The van der Waals surface area contributed by atoms with E-state index < -0.39 is 0 Å². The van der Waals surface area contributed by atoms with Crippen LogP contribution in [0.1, 0.15) is 74.9 Å². The fourth-order valence-corrected chi connectivity index (χ4v) is 23.2. The predicted molar refractivity (Wildman–Crippen MR) is 566 cm³/mol. The normalized spacial score (nSPS) is 13.4. The Morgan fingerprint density at radius 2 is 0.526 bits per heavy atom. The van der Waals surface area contributed by atoms with Gasteiger partial charge in [-0.3, -0.25) is 13.7 Å². The molecule has 0 spiro atoms. The first kappa shape index (κ1) is 80.8. The van der Waals surface area contributed by atoms with Gasteiger partial charge in [-0.15, -0.1) is 11.3 Å². The molecule has 11 nitrogen and oxygen atoms in total. The number of nitrogens with zero attached hydrogens (tertiary/aromatic N) is 11. The van der Waals surface area contributed by atoms with Gasteiger partial charge < -0.3 is 0 Å². The number of aromatic nitrogens is 11. The van der Waals surface area contributed by atoms with E-state index in [1.165, 1.54) is 142 Å². The summed E-state index contributed by atoms with van der Waals surface area (Å²) in [4.78, 5) is 40.9. The Morgan fingerprint density at radius 1 is 0.190 bits per heavy atom. The molecule has 0 saturated heterocycles. The first-order chi connectivity index (χ1) is 67.2. The maximum atomic E-state index is 5.34. The second-order valence-corrected chi connectivity index (χ2v) is 38.7. The number of thiophene rings is 1. The number of rotatable bonds is 10. The summed E-state index contributed by atoms with van der Waals surface area (Å²) in [5, 5.41) is 10.9. The van der Waals surface area contributed by atoms with E-state index in [9.17, 15) is 0 Å². The second-order valence-electron chi connectivity index (χ2n) is 37.7. The molecule has 7 aromatic heterocycles. The number of hydrogen-bond donors (Lipinski definition) is 0. The Balaban J connectivity index is 0.000000108. The van der Waals surface area contributed by atoms with Gasteiger partial charge in [0.05, 0.1) is 44.3 Å². The Bertz CT molecular complexity index is 9120. The van der Waals surface area contributed by atoms with E-state index in [1.807, 2.05) is 108 Å². The molecule has 0 fully saturated rings. The number of para-hydroxylation sites is 4. The third kappa shape index (κ3) is 13.1. The topological polar surface area (TPSA) is 118 Å². The molecular weight excluding hydrogens is 1690 g/mol. The first-order valence-electron chi connectivity index (χ1n) is 46.9. The predicted octanol–water partition coefficient (Wildman–Crippen LogP) is 31.6. The molecule has 28 rings (SSSR count). The van der Waals surface area contributed by atoms with Crippen LogP contribution in [0.15, 0.2) is 419 Å². The zero-order chi connectivity index (χ0) is 91.5. The highest BCUT2D eigenvalue weighted by atomic mass is 32.1. The Morgan fingerprint density at radius 3 is 1.02 bits per heavy atom. The third-order valence-electron chi connectivity index (χ3n) is 28.8. The highest BCUT2D eigenvalue weighted by Crippen LogP contribution is 2.56. The summed E-state index contributed by atoms with van der Waals surface area (Å²) in [7, 11) is 0. The summed E-state index contributed by atoms with van der Waals surface area (Å²) in [5.41, 5.74) is 33.8. The summed E-state index contributed by atoms with van der Waals surface area (Å²) in [5.74, 6) is 4.51. The number of hydrogen-bond acceptors (Lipinski definition) is 9. The number of benzene rings is 18. The van der Waals surface area contributed by atoms with Crippen LogP contribution in [0.3, 0.4) is 0 Å². The quantitative estimate of drug-likeness (QED) is 0.133. The Kier molecular flexibility index (Phi) is 18.6. The van der Waals surface area contributed by atoms with Crippen molar-refractivity contribution in [1.82, 2.24) is 53.6 Å². The summed E-state index contributed by atoms with van der Waals surface area (Å²) < 4.78 is 9.37. The highest BCUT2D eigenvalue weighted by Gasteiger charge is 2.41. The van der Waals surface area contributed by atoms with Gasteiger partial charge in [0.25, 0.3) is 0 Å². The van der Waals surface area contributed by atoms with Crippen LogP contribution in [-0.4, -0.2) is 53.6 Å². The van der Waals surface area contributed by atoms with E-state index in [4.69, 9.17) is 39.9 Å². The maximum absolute atomic E-state index is 5.34. The molecule has 137 heavy (non-hydrogen) atoms. The van der Waals surface area contributed by atoms with Crippen LogP contribution in [0, 0.1) is 0 Å². The smallest absolute Gasteiger partial charge is 0.238 e. The molecule has 0 saturated carbocycles. The van der Waals surface area contributed by atoms with E-state index in [2.05, 4.69) is 377 Å². The lowest BCUT2D eigenvalue weighted by molar-refractivity contribution is 0.661. The third-order valence-corrected chi connectivity index (χ3v) is 30.0. The summed E-state index contributed by atoms with van der Waals surface area (Å²) in [6.45, 7) is 14.1. The van der Waals surface area contributed by atoms with Crippen molar-refractivity contribution in [2.75, 3.05) is 0 Å². The van der Waals surface area contributed by atoms with Crippen LogP contribution in [0.25, 0.3) is 227 Å². The standard InChI is InChI=1S/C48H32N4S.C41H29N3.C36H26N4/c1-48(2)39-26-31(32-20-13-21-36-35-19-10-12-23-43(35)53-44(32)36)24-25-33(39)37-28-42-38(27-40(37)48)34-18-9-11-22-41(34)52(42)47-50-45(29-14-5-3-6-15-29)49-46(51-47)30-16-7-4-8-17-30;1-41(2)34-17-9-6-14-29(34)32-24-33-30-15-8-11-19-37(30)44(38(33)25-35(32)41)40-42-36-18-10-7-16-31(36)39(43-40)28-22-20-27(21-23-28)26-12-4-3-5-13-26;1-36(2)29-19-11-9-17-25(29)27-22-32-28(21-30(27)36)26-18-10-12-20-31(26)40(32)35-38-33(23-13-5-3-6-14-23)37-34(39-35)24-15-7-4-8-16-24/h3-28H,1-2H3;3-25H,1-2H3;3-22H,1-2H3. The second kappa shape index (κ2) is 31.6. The summed E-state index contributed by atoms with van der Waals surface area (Å²) >= 11 is 1.89. The molecule has 0 N–H and O–H groups in total. The van der Waals surface area contributed by atoms with Gasteiger partial charge in [-0.25, -0.2) is 19.9 Å². The molecule has 0 unspecified atom stereocenters. The van der Waals surface area contributed by atoms with E-state index >= 15 is 0 Å². The molecule has 3 aliphatic carbocycles. The molecule has 0 bridgehead atoms. The molecule has 0 radical (unpaired) electrons. The Labute approximate surface area is 795 Å². The fourth-order valence-electron chi connectivity index (χ4n) is 21.9. The van der Waals surface area contributed by atoms with Crippen LogP contribution in [0.4, 0.5) is 0 Å². The van der Waals surface area contributed by atoms with Crippen LogP contribution in [0.2, 0.25) is 0 Å². The van der Waals surface area contributed by atoms with E-state index in [0.717, 1.165) is 77.5 Å². The van der Waals surface area contributed by atoms with Crippen molar-refractivity contribution >= 4 is 108 Å². The molecule has 3 aliphatic rings. The van der Waals surface area contributed by atoms with Gasteiger partial charge >= 0.3 is 0 Å². The van der Waals surface area contributed by atoms with Crippen molar-refractivity contribution in [2.45, 2.75) is 57.8 Å². The van der Waals surface area contributed by atoms with Gasteiger partial charge in [-0.1, -0.05) is 387 Å². The average Bonchev–Trinajstić information content (AvgIpc) is 1.58. The lowest BCUT2D eigenvalue weighted by Crippen LogP contribution is -2.15. The maximum Gasteiger partial charge on any atom is 0.238 e. The van der Waals surface area contributed by atoms with Crippen LogP contribution in [-0.2, 0) is 16.2 Å². The van der Waals surface area contributed by atoms with Crippen molar-refractivity contribution in [3.05, 3.63) is 452 Å². The molecule has 0 aliphatic heterocycles. The molecule has 18 aromatic carbocycles. The minimum atomic E-state index is -0.194. The van der Waals surface area contributed by atoms with Crippen LogP contribution >= 0.6 is 11.3 Å². The SMILES string of the molecule is CC1(C)c2cc(-c3cccc4c3sc3ccccc34)ccc2-c2cc3c(cc21)c1ccccc1n3-c1nc(-c2ccccc2)nc(-c2ccccc2)n1.CC1(C)c2ccccc2-c2cc3c(cc21)c1ccccc1n3-c1nc(-c2ccccc2)nc(-c2ccccc2)n1.CC1(C)c2ccccc2-c2cc3c4ccccc4n(-c4nc(-c5ccc(-c6ccccc6)cc5)c5ccccc5n4)c3cc21.